The van der Waals surface area contributed by atoms with Crippen LogP contribution in [0.4, 0.5) is 4.79 Å². The topological polar surface area (TPSA) is 78.9 Å². The number of likely N-dealkylation sites (tertiary alicyclic amines) is 1. The first-order chi connectivity index (χ1) is 9.93. The third-order valence-electron chi connectivity index (χ3n) is 3.53. The summed E-state index contributed by atoms with van der Waals surface area (Å²) in [6, 6.07) is -1.12. The van der Waals surface area contributed by atoms with Crippen molar-refractivity contribution < 1.29 is 19.4 Å². The molecular weight excluding hydrogens is 272 g/mol. The lowest BCUT2D eigenvalue weighted by Gasteiger charge is -2.33. The lowest BCUT2D eigenvalue weighted by Crippen LogP contribution is -2.52. The lowest BCUT2D eigenvalue weighted by molar-refractivity contribution is -0.139. The fourth-order valence-electron chi connectivity index (χ4n) is 2.48. The van der Waals surface area contributed by atoms with Gasteiger partial charge in [0.25, 0.3) is 0 Å². The molecule has 1 aliphatic heterocycles. The van der Waals surface area contributed by atoms with Crippen molar-refractivity contribution in [1.82, 2.24) is 10.2 Å². The Labute approximate surface area is 126 Å². The van der Waals surface area contributed by atoms with Crippen LogP contribution in [0.1, 0.15) is 46.5 Å². The molecule has 0 saturated carbocycles. The van der Waals surface area contributed by atoms with Gasteiger partial charge in [-0.3, -0.25) is 0 Å². The molecule has 0 bridgehead atoms. The van der Waals surface area contributed by atoms with Gasteiger partial charge in [0, 0.05) is 19.7 Å². The van der Waals surface area contributed by atoms with Crippen molar-refractivity contribution >= 4 is 12.0 Å². The molecular formula is C15H28N2O4. The molecule has 0 radical (unpaired) electrons. The van der Waals surface area contributed by atoms with Gasteiger partial charge in [0.1, 0.15) is 6.04 Å². The minimum atomic E-state index is -0.979. The van der Waals surface area contributed by atoms with Gasteiger partial charge in [-0.2, -0.15) is 0 Å². The second-order valence-corrected chi connectivity index (χ2v) is 6.05. The number of nitrogens with zero attached hydrogens (tertiary/aromatic N) is 1. The quantitative estimate of drug-likeness (QED) is 0.754. The van der Waals surface area contributed by atoms with E-state index in [1.165, 1.54) is 0 Å². The Morgan fingerprint density at radius 1 is 1.43 bits per heavy atom. The standard InChI is InChI=1S/C15H28N2O4/c1-4-8-21-12-6-5-7-17(10-12)15(20)16-13(14(18)19)9-11(2)3/h11-13H,4-10H2,1-3H3,(H,16,20)(H,18,19)/t12?,13-/m1/s1. The van der Waals surface area contributed by atoms with Gasteiger partial charge in [0.2, 0.25) is 0 Å². The molecule has 0 aromatic heterocycles. The van der Waals surface area contributed by atoms with E-state index in [4.69, 9.17) is 4.74 Å². The number of carbonyl (C=O) groups excluding carboxylic acids is 1. The average Bonchev–Trinajstić information content (AvgIpc) is 2.44. The highest BCUT2D eigenvalue weighted by molar-refractivity contribution is 5.82. The number of carbonyl (C=O) groups is 2. The number of hydrogen-bond acceptors (Lipinski definition) is 3. The van der Waals surface area contributed by atoms with E-state index in [2.05, 4.69) is 12.2 Å². The first-order valence-electron chi connectivity index (χ1n) is 7.83. The van der Waals surface area contributed by atoms with E-state index in [-0.39, 0.29) is 18.1 Å². The predicted molar refractivity (Wildman–Crippen MR) is 80.2 cm³/mol. The zero-order valence-electron chi connectivity index (χ0n) is 13.3. The summed E-state index contributed by atoms with van der Waals surface area (Å²) in [5, 5.41) is 11.8. The number of urea groups is 1. The number of aliphatic carboxylic acids is 1. The highest BCUT2D eigenvalue weighted by Crippen LogP contribution is 2.14. The molecule has 0 aromatic carbocycles. The molecule has 1 heterocycles. The van der Waals surface area contributed by atoms with Crippen LogP contribution in [-0.2, 0) is 9.53 Å². The molecule has 1 fully saturated rings. The number of carboxylic acid groups (broad SMARTS) is 1. The minimum absolute atomic E-state index is 0.0674. The third-order valence-corrected chi connectivity index (χ3v) is 3.53. The SMILES string of the molecule is CCCOC1CCCN(C(=O)N[C@H](CC(C)C)C(=O)O)C1. The Kier molecular flexibility index (Phi) is 7.50. The maximum absolute atomic E-state index is 12.2. The first kappa shape index (κ1) is 17.8. The van der Waals surface area contributed by atoms with Crippen LogP contribution in [-0.4, -0.2) is 53.8 Å². The van der Waals surface area contributed by atoms with Crippen molar-refractivity contribution in [3.63, 3.8) is 0 Å². The molecule has 1 unspecified atom stereocenters. The summed E-state index contributed by atoms with van der Waals surface area (Å²) in [5.41, 5.74) is 0. The van der Waals surface area contributed by atoms with Gasteiger partial charge >= 0.3 is 12.0 Å². The fraction of sp³-hybridized carbons (Fsp3) is 0.867. The van der Waals surface area contributed by atoms with Crippen molar-refractivity contribution in [2.75, 3.05) is 19.7 Å². The van der Waals surface area contributed by atoms with Gasteiger partial charge in [-0.05, 0) is 31.6 Å². The van der Waals surface area contributed by atoms with E-state index < -0.39 is 12.0 Å². The highest BCUT2D eigenvalue weighted by Gasteiger charge is 2.27. The summed E-state index contributed by atoms with van der Waals surface area (Å²) < 4.78 is 5.69. The average molecular weight is 300 g/mol. The predicted octanol–water partition coefficient (Wildman–Crippen LogP) is 2.09. The molecule has 1 saturated heterocycles. The fourth-order valence-corrected chi connectivity index (χ4v) is 2.48. The number of amides is 2. The summed E-state index contributed by atoms with van der Waals surface area (Å²) in [5.74, 6) is -0.763. The lowest BCUT2D eigenvalue weighted by atomic mass is 10.0. The molecule has 2 atom stereocenters. The Balaban J connectivity index is 2.50. The van der Waals surface area contributed by atoms with Gasteiger partial charge < -0.3 is 20.1 Å². The van der Waals surface area contributed by atoms with Crippen molar-refractivity contribution in [3.05, 3.63) is 0 Å². The van der Waals surface area contributed by atoms with Crippen molar-refractivity contribution in [1.29, 1.82) is 0 Å². The molecule has 6 nitrogen and oxygen atoms in total. The van der Waals surface area contributed by atoms with Gasteiger partial charge in [-0.1, -0.05) is 20.8 Å². The number of nitrogens with one attached hydrogen (secondary N) is 1. The molecule has 2 amide bonds. The second-order valence-electron chi connectivity index (χ2n) is 6.05. The Morgan fingerprint density at radius 2 is 2.14 bits per heavy atom. The van der Waals surface area contributed by atoms with E-state index in [1.54, 1.807) is 4.90 Å². The van der Waals surface area contributed by atoms with Gasteiger partial charge in [-0.25, -0.2) is 9.59 Å². The van der Waals surface area contributed by atoms with Crippen LogP contribution in [0.5, 0.6) is 0 Å². The number of carboxylic acids is 1. The first-order valence-corrected chi connectivity index (χ1v) is 7.83. The number of rotatable bonds is 7. The molecule has 2 N–H and O–H groups in total. The minimum Gasteiger partial charge on any atom is -0.480 e. The smallest absolute Gasteiger partial charge is 0.326 e. The Hall–Kier alpha value is -1.30. The molecule has 0 aromatic rings. The molecule has 122 valence electrons. The van der Waals surface area contributed by atoms with Crippen LogP contribution in [0.3, 0.4) is 0 Å². The van der Waals surface area contributed by atoms with Crippen LogP contribution in [0.15, 0.2) is 0 Å². The number of hydrogen-bond donors (Lipinski definition) is 2. The normalized spacial score (nSPS) is 20.4. The van der Waals surface area contributed by atoms with Crippen LogP contribution >= 0.6 is 0 Å². The molecule has 1 aliphatic rings. The summed E-state index contributed by atoms with van der Waals surface area (Å²) in [7, 11) is 0. The van der Waals surface area contributed by atoms with Crippen LogP contribution in [0.2, 0.25) is 0 Å². The zero-order valence-corrected chi connectivity index (χ0v) is 13.3. The number of ether oxygens (including phenoxy) is 1. The molecule has 1 rings (SSSR count). The Bertz CT molecular complexity index is 347. The largest absolute Gasteiger partial charge is 0.480 e. The summed E-state index contributed by atoms with van der Waals surface area (Å²) in [6.07, 6.45) is 3.31. The monoisotopic (exact) mass is 300 g/mol. The maximum atomic E-state index is 12.2. The van der Waals surface area contributed by atoms with Gasteiger partial charge in [0.15, 0.2) is 0 Å². The molecule has 0 aliphatic carbocycles. The van der Waals surface area contributed by atoms with Gasteiger partial charge in [0.05, 0.1) is 6.10 Å². The Morgan fingerprint density at radius 3 is 2.71 bits per heavy atom. The summed E-state index contributed by atoms with van der Waals surface area (Å²) in [4.78, 5) is 25.1. The van der Waals surface area contributed by atoms with E-state index in [1.807, 2.05) is 13.8 Å². The van der Waals surface area contributed by atoms with Crippen LogP contribution in [0.25, 0.3) is 0 Å². The van der Waals surface area contributed by atoms with Gasteiger partial charge in [-0.15, -0.1) is 0 Å². The summed E-state index contributed by atoms with van der Waals surface area (Å²) >= 11 is 0. The van der Waals surface area contributed by atoms with E-state index in [0.29, 0.717) is 26.1 Å². The summed E-state index contributed by atoms with van der Waals surface area (Å²) in [6.45, 7) is 7.84. The van der Waals surface area contributed by atoms with E-state index >= 15 is 0 Å². The zero-order chi connectivity index (χ0) is 15.8. The van der Waals surface area contributed by atoms with Crippen molar-refractivity contribution in [3.8, 4) is 0 Å². The van der Waals surface area contributed by atoms with Crippen LogP contribution < -0.4 is 5.32 Å². The van der Waals surface area contributed by atoms with E-state index in [9.17, 15) is 14.7 Å². The highest BCUT2D eigenvalue weighted by atomic mass is 16.5. The van der Waals surface area contributed by atoms with Crippen LogP contribution in [0, 0.1) is 5.92 Å². The second kappa shape index (κ2) is 8.87. The van der Waals surface area contributed by atoms with E-state index in [0.717, 1.165) is 19.3 Å². The van der Waals surface area contributed by atoms with Crippen molar-refractivity contribution in [2.24, 2.45) is 5.92 Å². The van der Waals surface area contributed by atoms with Crippen molar-refractivity contribution in [2.45, 2.75) is 58.6 Å². The molecule has 6 heteroatoms. The molecule has 0 spiro atoms. The number of piperidine rings is 1. The third kappa shape index (κ3) is 6.33. The molecule has 21 heavy (non-hydrogen) atoms. The maximum Gasteiger partial charge on any atom is 0.326 e.